The van der Waals surface area contributed by atoms with Gasteiger partial charge in [0.15, 0.2) is 0 Å². The van der Waals surface area contributed by atoms with Gasteiger partial charge in [0.25, 0.3) is 0 Å². The third-order valence-corrected chi connectivity index (χ3v) is 6.77. The maximum absolute atomic E-state index is 11.3. The second-order valence-electron chi connectivity index (χ2n) is 9.05. The molecule has 196 valence electrons. The number of hydrogen-bond acceptors (Lipinski definition) is 9. The molecule has 2 aliphatic heterocycles. The summed E-state index contributed by atoms with van der Waals surface area (Å²) in [5.41, 5.74) is 7.30. The Hall–Kier alpha value is -3.60. The number of sulfone groups is 1. The highest BCUT2D eigenvalue weighted by Gasteiger charge is 2.17. The number of nitrogens with one attached hydrogen (secondary N) is 3. The summed E-state index contributed by atoms with van der Waals surface area (Å²) >= 11 is 0. The second kappa shape index (κ2) is 12.6. The van der Waals surface area contributed by atoms with Gasteiger partial charge in [-0.2, -0.15) is 0 Å². The van der Waals surface area contributed by atoms with E-state index in [1.54, 1.807) is 6.34 Å². The van der Waals surface area contributed by atoms with Crippen molar-refractivity contribution in [3.05, 3.63) is 95.7 Å². The van der Waals surface area contributed by atoms with E-state index >= 15 is 0 Å². The van der Waals surface area contributed by atoms with E-state index in [1.807, 2.05) is 90.0 Å². The lowest BCUT2D eigenvalue weighted by Gasteiger charge is -2.27. The highest BCUT2D eigenvalue weighted by molar-refractivity contribution is 7.90. The van der Waals surface area contributed by atoms with Gasteiger partial charge in [0.1, 0.15) is 28.0 Å². The number of rotatable bonds is 13. The van der Waals surface area contributed by atoms with Gasteiger partial charge >= 0.3 is 0 Å². The number of aliphatic imine (C=N–C) groups is 1. The van der Waals surface area contributed by atoms with Gasteiger partial charge < -0.3 is 20.3 Å². The lowest BCUT2D eigenvalue weighted by Crippen LogP contribution is -2.35. The van der Waals surface area contributed by atoms with Crippen LogP contribution in [-0.2, 0) is 16.4 Å². The maximum Gasteiger partial charge on any atom is 0.148 e. The van der Waals surface area contributed by atoms with Crippen LogP contribution in [0.15, 0.2) is 95.2 Å². The van der Waals surface area contributed by atoms with Gasteiger partial charge in [0, 0.05) is 43.0 Å². The van der Waals surface area contributed by atoms with Crippen molar-refractivity contribution in [3.63, 3.8) is 0 Å². The minimum Gasteiger partial charge on any atom is -0.489 e. The van der Waals surface area contributed by atoms with E-state index in [9.17, 15) is 8.42 Å². The van der Waals surface area contributed by atoms with E-state index in [-0.39, 0.29) is 5.75 Å². The fourth-order valence-corrected chi connectivity index (χ4v) is 4.40. The molecule has 0 amide bonds. The van der Waals surface area contributed by atoms with Gasteiger partial charge in [0.2, 0.25) is 0 Å². The first-order chi connectivity index (χ1) is 17.9. The SMILES string of the molecule is CN(CCCNN1C=CC2=C(Nc3ccc(OCc4ccccc4)cc3)N=CNC2=C1)CCS(C)(=O)=O. The van der Waals surface area contributed by atoms with Crippen LogP contribution in [0.25, 0.3) is 0 Å². The smallest absolute Gasteiger partial charge is 0.148 e. The van der Waals surface area contributed by atoms with Gasteiger partial charge in [-0.05, 0) is 55.9 Å². The Kier molecular flexibility index (Phi) is 8.99. The normalized spacial score (nSPS) is 14.9. The molecule has 2 aromatic rings. The molecule has 0 spiro atoms. The molecule has 0 unspecified atom stereocenters. The Bertz CT molecular complexity index is 1270. The molecule has 10 heteroatoms. The molecule has 2 aliphatic rings. The molecule has 0 fully saturated rings. The number of allylic oxidation sites excluding steroid dienone is 1. The van der Waals surface area contributed by atoms with Crippen molar-refractivity contribution in [2.75, 3.05) is 44.0 Å². The van der Waals surface area contributed by atoms with Crippen LogP contribution in [0, 0.1) is 0 Å². The average Bonchev–Trinajstić information content (AvgIpc) is 2.90. The topological polar surface area (TPSA) is 98.3 Å². The molecule has 9 nitrogen and oxygen atoms in total. The summed E-state index contributed by atoms with van der Waals surface area (Å²) in [6, 6.07) is 17.9. The first kappa shape index (κ1) is 26.5. The van der Waals surface area contributed by atoms with E-state index in [1.165, 1.54) is 6.26 Å². The fourth-order valence-electron chi connectivity index (χ4n) is 3.75. The second-order valence-corrected chi connectivity index (χ2v) is 11.3. The first-order valence-corrected chi connectivity index (χ1v) is 14.3. The van der Waals surface area contributed by atoms with Gasteiger partial charge in [0.05, 0.1) is 17.8 Å². The summed E-state index contributed by atoms with van der Waals surface area (Å²) in [5, 5.41) is 8.51. The molecule has 2 aromatic carbocycles. The van der Waals surface area contributed by atoms with Crippen LogP contribution in [-0.4, -0.2) is 63.4 Å². The van der Waals surface area contributed by atoms with Crippen molar-refractivity contribution in [1.29, 1.82) is 0 Å². The predicted molar refractivity (Wildman–Crippen MR) is 148 cm³/mol. The van der Waals surface area contributed by atoms with Gasteiger partial charge in [-0.15, -0.1) is 0 Å². The largest absolute Gasteiger partial charge is 0.489 e. The Morgan fingerprint density at radius 2 is 1.86 bits per heavy atom. The highest BCUT2D eigenvalue weighted by Crippen LogP contribution is 2.25. The van der Waals surface area contributed by atoms with Gasteiger partial charge in [-0.1, -0.05) is 30.3 Å². The minimum absolute atomic E-state index is 0.183. The molecule has 0 radical (unpaired) electrons. The van der Waals surface area contributed by atoms with Crippen molar-refractivity contribution in [2.24, 2.45) is 4.99 Å². The molecule has 37 heavy (non-hydrogen) atoms. The molecule has 0 aromatic heterocycles. The fraction of sp³-hybridized carbons (Fsp3) is 0.296. The molecule has 0 aliphatic carbocycles. The molecule has 0 bridgehead atoms. The van der Waals surface area contributed by atoms with Crippen molar-refractivity contribution < 1.29 is 13.2 Å². The number of anilines is 1. The van der Waals surface area contributed by atoms with Crippen LogP contribution in [0.2, 0.25) is 0 Å². The molecular weight excluding hydrogens is 488 g/mol. The zero-order valence-electron chi connectivity index (χ0n) is 21.2. The predicted octanol–water partition coefficient (Wildman–Crippen LogP) is 3.06. The molecular formula is C27H34N6O3S. The number of fused-ring (bicyclic) bond motifs is 1. The monoisotopic (exact) mass is 522 g/mol. The van der Waals surface area contributed by atoms with Gasteiger partial charge in [-0.3, -0.25) is 5.01 Å². The van der Waals surface area contributed by atoms with Gasteiger partial charge in [-0.25, -0.2) is 18.8 Å². The third kappa shape index (κ3) is 8.49. The van der Waals surface area contributed by atoms with Crippen LogP contribution < -0.4 is 20.8 Å². The molecule has 4 rings (SSSR count). The average molecular weight is 523 g/mol. The Morgan fingerprint density at radius 3 is 2.62 bits per heavy atom. The van der Waals surface area contributed by atoms with E-state index in [2.05, 4.69) is 21.1 Å². The number of ether oxygens (including phenoxy) is 1. The van der Waals surface area contributed by atoms with Crippen LogP contribution in [0.3, 0.4) is 0 Å². The van der Waals surface area contributed by atoms with Crippen molar-refractivity contribution in [2.45, 2.75) is 13.0 Å². The zero-order chi connectivity index (χ0) is 26.1. The molecule has 0 saturated carbocycles. The molecule has 2 heterocycles. The Labute approximate surface area is 219 Å². The van der Waals surface area contributed by atoms with Crippen LogP contribution in [0.5, 0.6) is 5.75 Å². The lowest BCUT2D eigenvalue weighted by atomic mass is 10.1. The lowest BCUT2D eigenvalue weighted by molar-refractivity contribution is 0.306. The number of benzene rings is 2. The number of nitrogens with zero attached hydrogens (tertiary/aromatic N) is 3. The molecule has 0 saturated heterocycles. The molecule has 0 atom stereocenters. The van der Waals surface area contributed by atoms with Crippen molar-refractivity contribution >= 4 is 21.9 Å². The summed E-state index contributed by atoms with van der Waals surface area (Å²) in [4.78, 5) is 6.52. The van der Waals surface area contributed by atoms with Crippen molar-refractivity contribution in [1.82, 2.24) is 20.7 Å². The van der Waals surface area contributed by atoms with Crippen LogP contribution in [0.1, 0.15) is 12.0 Å². The van der Waals surface area contributed by atoms with E-state index in [0.717, 1.165) is 53.6 Å². The van der Waals surface area contributed by atoms with E-state index in [4.69, 9.17) is 4.74 Å². The summed E-state index contributed by atoms with van der Waals surface area (Å²) in [6.07, 6.45) is 9.77. The number of hydrazine groups is 1. The Balaban J connectivity index is 1.26. The third-order valence-electron chi connectivity index (χ3n) is 5.85. The van der Waals surface area contributed by atoms with Crippen LogP contribution >= 0.6 is 0 Å². The maximum atomic E-state index is 11.3. The van der Waals surface area contributed by atoms with Crippen molar-refractivity contribution in [3.8, 4) is 5.75 Å². The standard InChI is InChI=1S/C27H34N6O3S/c1-32(17-18-37(2,34)35)15-6-14-30-33-16-13-25-26(19-33)28-21-29-27(25)31-23-9-11-24(12-10-23)36-20-22-7-4-3-5-8-22/h3-5,7-13,16,19,21,30-31H,6,14-15,17-18,20H2,1-2H3,(H,28,29). The first-order valence-electron chi connectivity index (χ1n) is 12.2. The van der Waals surface area contributed by atoms with E-state index < -0.39 is 9.84 Å². The molecule has 3 N–H and O–H groups in total. The summed E-state index contributed by atoms with van der Waals surface area (Å²) < 4.78 is 28.5. The zero-order valence-corrected chi connectivity index (χ0v) is 22.0. The number of hydrogen-bond donors (Lipinski definition) is 3. The van der Waals surface area contributed by atoms with Crippen LogP contribution in [0.4, 0.5) is 5.69 Å². The minimum atomic E-state index is -2.93. The Morgan fingerprint density at radius 1 is 1.08 bits per heavy atom. The summed E-state index contributed by atoms with van der Waals surface area (Å²) in [6.45, 7) is 2.65. The highest BCUT2D eigenvalue weighted by atomic mass is 32.2. The quantitative estimate of drug-likeness (QED) is 0.346. The van der Waals surface area contributed by atoms with E-state index in [0.29, 0.717) is 13.2 Å². The summed E-state index contributed by atoms with van der Waals surface area (Å²) in [7, 11) is -0.991. The summed E-state index contributed by atoms with van der Waals surface area (Å²) in [5.74, 6) is 1.75.